The molecule has 2 saturated carbocycles. The summed E-state index contributed by atoms with van der Waals surface area (Å²) in [5.74, 6) is -2.71. The Bertz CT molecular complexity index is 813. The van der Waals surface area contributed by atoms with Crippen molar-refractivity contribution in [1.82, 2.24) is 0 Å². The first-order valence-corrected chi connectivity index (χ1v) is 9.20. The van der Waals surface area contributed by atoms with Crippen molar-refractivity contribution < 1.29 is 17.6 Å². The summed E-state index contributed by atoms with van der Waals surface area (Å²) < 4.78 is 55.3. The molecule has 25 heavy (non-hydrogen) atoms. The summed E-state index contributed by atoms with van der Waals surface area (Å²) in [5, 5.41) is -0.353. The lowest BCUT2D eigenvalue weighted by atomic mass is 9.64. The second-order valence-electron chi connectivity index (χ2n) is 8.04. The van der Waals surface area contributed by atoms with Crippen LogP contribution < -0.4 is 0 Å². The van der Waals surface area contributed by atoms with Gasteiger partial charge in [0.1, 0.15) is 5.82 Å². The highest BCUT2D eigenvalue weighted by Gasteiger charge is 2.35. The Kier molecular flexibility index (Phi) is 4.25. The van der Waals surface area contributed by atoms with Crippen LogP contribution in [0.2, 0.25) is 0 Å². The number of hydrogen-bond donors (Lipinski definition) is 0. The number of benzene rings is 2. The Hall–Kier alpha value is -1.58. The van der Waals surface area contributed by atoms with Gasteiger partial charge in [-0.05, 0) is 78.9 Å². The Balaban J connectivity index is 1.67. The first-order valence-electron chi connectivity index (χ1n) is 9.20. The van der Waals surface area contributed by atoms with E-state index in [1.54, 1.807) is 6.07 Å². The lowest BCUT2D eigenvalue weighted by Crippen LogP contribution is -2.29. The summed E-state index contributed by atoms with van der Waals surface area (Å²) in [5.41, 5.74) is 0.785. The Morgan fingerprint density at radius 3 is 2.28 bits per heavy atom. The second kappa shape index (κ2) is 6.30. The van der Waals surface area contributed by atoms with Gasteiger partial charge in [-0.15, -0.1) is 0 Å². The van der Waals surface area contributed by atoms with Crippen LogP contribution in [0.4, 0.5) is 17.6 Å². The summed E-state index contributed by atoms with van der Waals surface area (Å²) in [6, 6.07) is 3.86. The molecule has 0 saturated heterocycles. The van der Waals surface area contributed by atoms with Crippen molar-refractivity contribution in [2.24, 2.45) is 17.8 Å². The van der Waals surface area contributed by atoms with Crippen LogP contribution in [0.25, 0.3) is 10.8 Å². The van der Waals surface area contributed by atoms with Gasteiger partial charge >= 0.3 is 0 Å². The van der Waals surface area contributed by atoms with Gasteiger partial charge in [-0.25, -0.2) is 17.6 Å². The van der Waals surface area contributed by atoms with Crippen molar-refractivity contribution in [1.29, 1.82) is 0 Å². The minimum Gasteiger partial charge on any atom is -0.206 e. The zero-order valence-electron chi connectivity index (χ0n) is 14.3. The quantitative estimate of drug-likeness (QED) is 0.396. The molecule has 4 atom stereocenters. The molecule has 2 unspecified atom stereocenters. The SMILES string of the molecule is C[C@@H]1CC[C@@H]2CC(c3cc(F)c4c(F)c(F)c(F)cc4c3)CCC2C1. The van der Waals surface area contributed by atoms with Crippen molar-refractivity contribution in [2.75, 3.05) is 0 Å². The molecular weight excluding hydrogens is 328 g/mol. The topological polar surface area (TPSA) is 0 Å². The molecule has 134 valence electrons. The van der Waals surface area contributed by atoms with Crippen LogP contribution in [-0.2, 0) is 0 Å². The molecule has 2 aliphatic rings. The molecule has 2 aliphatic carbocycles. The van der Waals surface area contributed by atoms with E-state index in [1.165, 1.54) is 25.3 Å². The highest BCUT2D eigenvalue weighted by molar-refractivity contribution is 5.84. The lowest BCUT2D eigenvalue weighted by molar-refractivity contribution is 0.124. The van der Waals surface area contributed by atoms with Gasteiger partial charge in [0.2, 0.25) is 0 Å². The van der Waals surface area contributed by atoms with Crippen molar-refractivity contribution in [3.05, 3.63) is 47.0 Å². The van der Waals surface area contributed by atoms with E-state index in [0.717, 1.165) is 42.7 Å². The van der Waals surface area contributed by atoms with Crippen LogP contribution in [0.3, 0.4) is 0 Å². The number of rotatable bonds is 1. The average molecular weight is 350 g/mol. The fourth-order valence-corrected chi connectivity index (χ4v) is 5.07. The van der Waals surface area contributed by atoms with E-state index >= 15 is 0 Å². The van der Waals surface area contributed by atoms with Gasteiger partial charge in [0, 0.05) is 0 Å². The van der Waals surface area contributed by atoms with Gasteiger partial charge in [0.05, 0.1) is 5.39 Å². The molecule has 0 aliphatic heterocycles. The van der Waals surface area contributed by atoms with Crippen molar-refractivity contribution in [3.63, 3.8) is 0 Å². The molecule has 0 amide bonds. The van der Waals surface area contributed by atoms with Crippen LogP contribution in [0.5, 0.6) is 0 Å². The Morgan fingerprint density at radius 2 is 1.48 bits per heavy atom. The molecular formula is C21H22F4. The normalized spacial score (nSPS) is 29.6. The van der Waals surface area contributed by atoms with Crippen LogP contribution >= 0.6 is 0 Å². The third-order valence-electron chi connectivity index (χ3n) is 6.39. The fraction of sp³-hybridized carbons (Fsp3) is 0.524. The molecule has 0 spiro atoms. The van der Waals surface area contributed by atoms with Gasteiger partial charge in [-0.3, -0.25) is 0 Å². The Labute approximate surface area is 145 Å². The molecule has 0 aromatic heterocycles. The van der Waals surface area contributed by atoms with E-state index in [0.29, 0.717) is 5.92 Å². The average Bonchev–Trinajstić information content (AvgIpc) is 2.58. The van der Waals surface area contributed by atoms with Crippen molar-refractivity contribution in [3.8, 4) is 0 Å². The highest BCUT2D eigenvalue weighted by Crippen LogP contribution is 2.48. The van der Waals surface area contributed by atoms with E-state index in [2.05, 4.69) is 6.92 Å². The van der Waals surface area contributed by atoms with Gasteiger partial charge in [0.15, 0.2) is 17.5 Å². The van der Waals surface area contributed by atoms with Crippen molar-refractivity contribution >= 4 is 10.8 Å². The zero-order chi connectivity index (χ0) is 17.7. The highest BCUT2D eigenvalue weighted by atomic mass is 19.2. The maximum Gasteiger partial charge on any atom is 0.195 e. The summed E-state index contributed by atoms with van der Waals surface area (Å²) in [4.78, 5) is 0. The maximum atomic E-state index is 14.4. The molecule has 4 rings (SSSR count). The number of hydrogen-bond acceptors (Lipinski definition) is 0. The monoisotopic (exact) mass is 350 g/mol. The minimum atomic E-state index is -1.61. The summed E-state index contributed by atoms with van der Waals surface area (Å²) in [6.45, 7) is 2.31. The van der Waals surface area contributed by atoms with Crippen molar-refractivity contribution in [2.45, 2.75) is 51.4 Å². The third kappa shape index (κ3) is 2.94. The first kappa shape index (κ1) is 16.9. The van der Waals surface area contributed by atoms with Gasteiger partial charge in [-0.2, -0.15) is 0 Å². The molecule has 0 bridgehead atoms. The van der Waals surface area contributed by atoms with Gasteiger partial charge < -0.3 is 0 Å². The fourth-order valence-electron chi connectivity index (χ4n) is 5.07. The molecule has 0 N–H and O–H groups in total. The predicted octanol–water partition coefficient (Wildman–Crippen LogP) is 6.72. The summed E-state index contributed by atoms with van der Waals surface area (Å²) in [6.07, 6.45) is 6.85. The largest absolute Gasteiger partial charge is 0.206 e. The van der Waals surface area contributed by atoms with E-state index in [9.17, 15) is 17.6 Å². The van der Waals surface area contributed by atoms with E-state index in [4.69, 9.17) is 0 Å². The van der Waals surface area contributed by atoms with Crippen LogP contribution in [-0.4, -0.2) is 0 Å². The molecule has 2 fully saturated rings. The maximum absolute atomic E-state index is 14.4. The second-order valence-corrected chi connectivity index (χ2v) is 8.04. The molecule has 0 heterocycles. The van der Waals surface area contributed by atoms with Crippen LogP contribution in [0, 0.1) is 41.0 Å². The van der Waals surface area contributed by atoms with E-state index in [-0.39, 0.29) is 11.3 Å². The zero-order valence-corrected chi connectivity index (χ0v) is 14.3. The standard InChI is InChI=1S/C21H22F4/c1-11-2-3-13-7-14(5-4-12(13)6-11)15-8-16-10-18(23)20(24)21(25)19(16)17(22)9-15/h8-14H,2-7H2,1H3/t11-,12?,13-,14?/m1/s1. The van der Waals surface area contributed by atoms with Crippen LogP contribution in [0.15, 0.2) is 18.2 Å². The molecule has 0 nitrogen and oxygen atoms in total. The minimum absolute atomic E-state index is 0.103. The number of halogens is 4. The molecule has 4 heteroatoms. The van der Waals surface area contributed by atoms with Crippen LogP contribution in [0.1, 0.15) is 56.9 Å². The summed E-state index contributed by atoms with van der Waals surface area (Å²) >= 11 is 0. The Morgan fingerprint density at radius 1 is 0.760 bits per heavy atom. The lowest BCUT2D eigenvalue weighted by Gasteiger charge is -2.41. The molecule has 2 aromatic rings. The van der Waals surface area contributed by atoms with Gasteiger partial charge in [0.25, 0.3) is 0 Å². The molecule has 2 aromatic carbocycles. The van der Waals surface area contributed by atoms with E-state index in [1.807, 2.05) is 0 Å². The first-order chi connectivity index (χ1) is 11.9. The van der Waals surface area contributed by atoms with Gasteiger partial charge in [-0.1, -0.05) is 19.4 Å². The summed E-state index contributed by atoms with van der Waals surface area (Å²) in [7, 11) is 0. The molecule has 0 radical (unpaired) electrons. The number of fused-ring (bicyclic) bond motifs is 2. The third-order valence-corrected chi connectivity index (χ3v) is 6.39. The smallest absolute Gasteiger partial charge is 0.195 e. The van der Waals surface area contributed by atoms with E-state index < -0.39 is 28.7 Å². The predicted molar refractivity (Wildman–Crippen MR) is 90.4 cm³/mol.